The summed E-state index contributed by atoms with van der Waals surface area (Å²) in [5, 5.41) is 2.36. The standard InChI is InChI=1S/C14H12F4N2/c1-8-2-4-9(5-3-8)6-7-19-12-10(15)13(17)20-14(18)11(12)16/h2-5H,6-7H2,1H3,(H,19,20). The predicted molar refractivity (Wildman–Crippen MR) is 67.4 cm³/mol. The van der Waals surface area contributed by atoms with E-state index in [-0.39, 0.29) is 6.54 Å². The molecular formula is C14H12F4N2. The Labute approximate surface area is 113 Å². The highest BCUT2D eigenvalue weighted by Crippen LogP contribution is 2.21. The van der Waals surface area contributed by atoms with Crippen molar-refractivity contribution in [3.63, 3.8) is 0 Å². The van der Waals surface area contributed by atoms with Gasteiger partial charge < -0.3 is 5.32 Å². The van der Waals surface area contributed by atoms with Crippen LogP contribution in [-0.2, 0) is 6.42 Å². The van der Waals surface area contributed by atoms with Crippen LogP contribution in [0.5, 0.6) is 0 Å². The maximum absolute atomic E-state index is 13.3. The first kappa shape index (κ1) is 14.3. The minimum atomic E-state index is -1.67. The molecule has 0 atom stereocenters. The van der Waals surface area contributed by atoms with Crippen LogP contribution in [-0.4, -0.2) is 11.5 Å². The highest BCUT2D eigenvalue weighted by Gasteiger charge is 2.20. The van der Waals surface area contributed by atoms with Crippen LogP contribution >= 0.6 is 0 Å². The Kier molecular flexibility index (Phi) is 4.22. The maximum atomic E-state index is 13.3. The van der Waals surface area contributed by atoms with E-state index in [1.807, 2.05) is 31.2 Å². The Morgan fingerprint density at radius 1 is 0.950 bits per heavy atom. The summed E-state index contributed by atoms with van der Waals surface area (Å²) in [6, 6.07) is 7.55. The third-order valence-electron chi connectivity index (χ3n) is 2.83. The fourth-order valence-electron chi connectivity index (χ4n) is 1.73. The molecule has 0 amide bonds. The first-order chi connectivity index (χ1) is 9.49. The topological polar surface area (TPSA) is 24.9 Å². The van der Waals surface area contributed by atoms with Gasteiger partial charge in [-0.1, -0.05) is 29.8 Å². The number of benzene rings is 1. The van der Waals surface area contributed by atoms with Crippen molar-refractivity contribution in [1.82, 2.24) is 4.98 Å². The van der Waals surface area contributed by atoms with Gasteiger partial charge in [0.25, 0.3) is 11.9 Å². The van der Waals surface area contributed by atoms with E-state index in [0.29, 0.717) is 6.42 Å². The average molecular weight is 284 g/mol. The summed E-state index contributed by atoms with van der Waals surface area (Å²) in [4.78, 5) is 2.49. The summed E-state index contributed by atoms with van der Waals surface area (Å²) in [6.45, 7) is 2.08. The molecule has 106 valence electrons. The van der Waals surface area contributed by atoms with Crippen LogP contribution in [0.1, 0.15) is 11.1 Å². The van der Waals surface area contributed by atoms with Crippen molar-refractivity contribution >= 4 is 5.69 Å². The minimum Gasteiger partial charge on any atom is -0.380 e. The molecule has 2 rings (SSSR count). The van der Waals surface area contributed by atoms with Crippen molar-refractivity contribution in [2.75, 3.05) is 11.9 Å². The monoisotopic (exact) mass is 284 g/mol. The lowest BCUT2D eigenvalue weighted by atomic mass is 10.1. The lowest BCUT2D eigenvalue weighted by Gasteiger charge is -2.09. The van der Waals surface area contributed by atoms with E-state index >= 15 is 0 Å². The molecule has 0 unspecified atom stereocenters. The van der Waals surface area contributed by atoms with Gasteiger partial charge in [-0.05, 0) is 18.9 Å². The van der Waals surface area contributed by atoms with Gasteiger partial charge in [0.15, 0.2) is 0 Å². The first-order valence-electron chi connectivity index (χ1n) is 5.98. The van der Waals surface area contributed by atoms with Gasteiger partial charge in [-0.15, -0.1) is 0 Å². The zero-order chi connectivity index (χ0) is 14.7. The van der Waals surface area contributed by atoms with Crippen molar-refractivity contribution in [1.29, 1.82) is 0 Å². The largest absolute Gasteiger partial charge is 0.380 e. The van der Waals surface area contributed by atoms with Crippen LogP contribution in [0.2, 0.25) is 0 Å². The molecular weight excluding hydrogens is 272 g/mol. The molecule has 20 heavy (non-hydrogen) atoms. The van der Waals surface area contributed by atoms with Gasteiger partial charge in [-0.25, -0.2) is 0 Å². The lowest BCUT2D eigenvalue weighted by Crippen LogP contribution is -2.12. The number of hydrogen-bond acceptors (Lipinski definition) is 2. The summed E-state index contributed by atoms with van der Waals surface area (Å²) in [5.41, 5.74) is 1.21. The molecule has 0 saturated carbocycles. The number of hydrogen-bond donors (Lipinski definition) is 1. The molecule has 0 spiro atoms. The van der Waals surface area contributed by atoms with Gasteiger partial charge in [0.1, 0.15) is 5.69 Å². The third kappa shape index (κ3) is 3.07. The average Bonchev–Trinajstić information content (AvgIpc) is 2.42. The van der Waals surface area contributed by atoms with E-state index in [0.717, 1.165) is 11.1 Å². The zero-order valence-corrected chi connectivity index (χ0v) is 10.7. The second kappa shape index (κ2) is 5.90. The Morgan fingerprint density at radius 3 is 2.05 bits per heavy atom. The zero-order valence-electron chi connectivity index (χ0n) is 10.7. The number of halogens is 4. The smallest absolute Gasteiger partial charge is 0.253 e. The van der Waals surface area contributed by atoms with Crippen LogP contribution in [0.25, 0.3) is 0 Å². The summed E-state index contributed by atoms with van der Waals surface area (Å²) in [5.74, 6) is -6.37. The highest BCUT2D eigenvalue weighted by atomic mass is 19.2. The van der Waals surface area contributed by atoms with Crippen molar-refractivity contribution < 1.29 is 17.6 Å². The molecule has 0 bridgehead atoms. The molecule has 1 heterocycles. The highest BCUT2D eigenvalue weighted by molar-refractivity contribution is 5.45. The Hall–Kier alpha value is -2.11. The van der Waals surface area contributed by atoms with Gasteiger partial charge >= 0.3 is 0 Å². The summed E-state index contributed by atoms with van der Waals surface area (Å²) in [7, 11) is 0. The number of aromatic nitrogens is 1. The van der Waals surface area contributed by atoms with E-state index in [2.05, 4.69) is 10.3 Å². The first-order valence-corrected chi connectivity index (χ1v) is 5.98. The second-order valence-electron chi connectivity index (χ2n) is 4.36. The van der Waals surface area contributed by atoms with Crippen LogP contribution in [0.4, 0.5) is 23.2 Å². The fraction of sp³-hybridized carbons (Fsp3) is 0.214. The molecule has 1 aromatic heterocycles. The number of nitrogens with zero attached hydrogens (tertiary/aromatic N) is 1. The van der Waals surface area contributed by atoms with Crippen molar-refractivity contribution in [2.45, 2.75) is 13.3 Å². The number of anilines is 1. The quantitative estimate of drug-likeness (QED) is 0.685. The van der Waals surface area contributed by atoms with Gasteiger partial charge in [-0.2, -0.15) is 22.5 Å². The minimum absolute atomic E-state index is 0.139. The molecule has 0 radical (unpaired) electrons. The summed E-state index contributed by atoms with van der Waals surface area (Å²) < 4.78 is 52.4. The van der Waals surface area contributed by atoms with Crippen molar-refractivity contribution in [3.8, 4) is 0 Å². The van der Waals surface area contributed by atoms with Gasteiger partial charge in [0.2, 0.25) is 11.6 Å². The molecule has 1 N–H and O–H groups in total. The molecule has 1 aromatic carbocycles. The van der Waals surface area contributed by atoms with Crippen molar-refractivity contribution in [3.05, 3.63) is 58.9 Å². The summed E-state index contributed by atoms with van der Waals surface area (Å²) in [6.07, 6.45) is 0.463. The molecule has 0 aliphatic carbocycles. The van der Waals surface area contributed by atoms with Gasteiger partial charge in [-0.3, -0.25) is 0 Å². The molecule has 0 fully saturated rings. The molecule has 0 aliphatic rings. The molecule has 0 saturated heterocycles. The summed E-state index contributed by atoms with van der Waals surface area (Å²) >= 11 is 0. The molecule has 6 heteroatoms. The Bertz CT molecular complexity index is 585. The Morgan fingerprint density at radius 2 is 1.50 bits per heavy atom. The van der Waals surface area contributed by atoms with Gasteiger partial charge in [0.05, 0.1) is 0 Å². The lowest BCUT2D eigenvalue weighted by molar-refractivity contribution is 0.410. The van der Waals surface area contributed by atoms with E-state index in [9.17, 15) is 17.6 Å². The van der Waals surface area contributed by atoms with Crippen LogP contribution in [0.15, 0.2) is 24.3 Å². The SMILES string of the molecule is Cc1ccc(CCNc2c(F)c(F)nc(F)c2F)cc1. The second-order valence-corrected chi connectivity index (χ2v) is 4.36. The number of nitrogens with one attached hydrogen (secondary N) is 1. The normalized spacial score (nSPS) is 10.7. The van der Waals surface area contributed by atoms with Crippen LogP contribution in [0.3, 0.4) is 0 Å². The van der Waals surface area contributed by atoms with Crippen LogP contribution in [0, 0.1) is 30.5 Å². The molecule has 0 aliphatic heterocycles. The number of pyridine rings is 1. The van der Waals surface area contributed by atoms with Crippen molar-refractivity contribution in [2.24, 2.45) is 0 Å². The predicted octanol–water partition coefficient (Wildman–Crippen LogP) is 3.60. The van der Waals surface area contributed by atoms with E-state index in [1.54, 1.807) is 0 Å². The fourth-order valence-corrected chi connectivity index (χ4v) is 1.73. The van der Waals surface area contributed by atoms with Gasteiger partial charge in [0, 0.05) is 6.54 Å². The van der Waals surface area contributed by atoms with E-state index in [1.165, 1.54) is 0 Å². The Balaban J connectivity index is 2.06. The number of aryl methyl sites for hydroxylation is 1. The maximum Gasteiger partial charge on any atom is 0.253 e. The molecule has 2 aromatic rings. The van der Waals surface area contributed by atoms with E-state index < -0.39 is 29.2 Å². The van der Waals surface area contributed by atoms with Crippen LogP contribution < -0.4 is 5.32 Å². The third-order valence-corrected chi connectivity index (χ3v) is 2.83. The number of rotatable bonds is 4. The molecule has 2 nitrogen and oxygen atoms in total. The van der Waals surface area contributed by atoms with E-state index in [4.69, 9.17) is 0 Å².